The van der Waals surface area contributed by atoms with Gasteiger partial charge < -0.3 is 19.5 Å². The van der Waals surface area contributed by atoms with E-state index in [0.29, 0.717) is 44.8 Å². The summed E-state index contributed by atoms with van der Waals surface area (Å²) in [5.74, 6) is -0.101. The number of carbonyl (C=O) groups is 2. The highest BCUT2D eigenvalue weighted by Crippen LogP contribution is 2.29. The summed E-state index contributed by atoms with van der Waals surface area (Å²) in [5, 5.41) is 3.12. The lowest BCUT2D eigenvalue weighted by atomic mass is 9.95. The lowest BCUT2D eigenvalue weighted by Gasteiger charge is -2.32. The van der Waals surface area contributed by atoms with Gasteiger partial charge in [-0.15, -0.1) is 0 Å². The van der Waals surface area contributed by atoms with Gasteiger partial charge in [0, 0.05) is 19.0 Å². The average molecular weight is 459 g/mol. The molecule has 2 atom stereocenters. The molecule has 3 heterocycles. The molecule has 7 heteroatoms. The van der Waals surface area contributed by atoms with E-state index in [1.165, 1.54) is 0 Å². The van der Waals surface area contributed by atoms with Crippen molar-refractivity contribution < 1.29 is 14.3 Å². The monoisotopic (exact) mass is 458 g/mol. The van der Waals surface area contributed by atoms with Crippen LogP contribution in [0.3, 0.4) is 0 Å². The van der Waals surface area contributed by atoms with Gasteiger partial charge in [0.25, 0.3) is 5.91 Å². The highest BCUT2D eigenvalue weighted by atomic mass is 16.5. The Bertz CT molecular complexity index is 1140. The van der Waals surface area contributed by atoms with E-state index in [1.807, 2.05) is 64.9 Å². The second-order valence-corrected chi connectivity index (χ2v) is 9.11. The van der Waals surface area contributed by atoms with Gasteiger partial charge in [0.15, 0.2) is 5.69 Å². The predicted octanol–water partition coefficient (Wildman–Crippen LogP) is 3.88. The van der Waals surface area contributed by atoms with Crippen molar-refractivity contribution in [2.24, 2.45) is 5.92 Å². The van der Waals surface area contributed by atoms with Crippen LogP contribution in [0.15, 0.2) is 67.0 Å². The van der Waals surface area contributed by atoms with Crippen LogP contribution >= 0.6 is 0 Å². The van der Waals surface area contributed by atoms with Crippen LogP contribution in [-0.4, -0.2) is 39.4 Å². The molecule has 176 valence electrons. The first kappa shape index (κ1) is 22.3. The van der Waals surface area contributed by atoms with E-state index in [1.54, 1.807) is 6.33 Å². The van der Waals surface area contributed by atoms with Crippen LogP contribution in [0.2, 0.25) is 0 Å². The maximum Gasteiger partial charge on any atom is 0.274 e. The number of amides is 2. The molecule has 2 aromatic carbocycles. The van der Waals surface area contributed by atoms with E-state index in [4.69, 9.17) is 4.74 Å². The Morgan fingerprint density at radius 2 is 1.71 bits per heavy atom. The summed E-state index contributed by atoms with van der Waals surface area (Å²) in [4.78, 5) is 32.3. The third-order valence-corrected chi connectivity index (χ3v) is 6.92. The van der Waals surface area contributed by atoms with Crippen LogP contribution in [0.5, 0.6) is 0 Å². The molecule has 1 N–H and O–H groups in total. The first-order chi connectivity index (χ1) is 16.6. The van der Waals surface area contributed by atoms with Crippen LogP contribution in [0.4, 0.5) is 0 Å². The number of likely N-dealkylation sites (tertiary alicyclic amines) is 1. The predicted molar refractivity (Wildman–Crippen MR) is 128 cm³/mol. The van der Waals surface area contributed by atoms with E-state index in [9.17, 15) is 9.59 Å². The molecule has 34 heavy (non-hydrogen) atoms. The molecule has 0 aliphatic carbocycles. The Morgan fingerprint density at radius 3 is 2.41 bits per heavy atom. The van der Waals surface area contributed by atoms with Crippen molar-refractivity contribution in [2.45, 2.75) is 45.1 Å². The third kappa shape index (κ3) is 4.61. The third-order valence-electron chi connectivity index (χ3n) is 6.92. The Morgan fingerprint density at radius 1 is 1.03 bits per heavy atom. The van der Waals surface area contributed by atoms with Gasteiger partial charge in [-0.05, 0) is 30.9 Å². The highest BCUT2D eigenvalue weighted by molar-refractivity contribution is 5.93. The second-order valence-electron chi connectivity index (χ2n) is 9.11. The Hall–Kier alpha value is -3.45. The zero-order valence-corrected chi connectivity index (χ0v) is 19.4. The molecule has 0 bridgehead atoms. The normalized spacial score (nSPS) is 19.3. The number of aromatic nitrogens is 2. The maximum atomic E-state index is 13.2. The summed E-state index contributed by atoms with van der Waals surface area (Å²) in [6.07, 6.45) is 3.01. The first-order valence-corrected chi connectivity index (χ1v) is 12.0. The summed E-state index contributed by atoms with van der Waals surface area (Å²) < 4.78 is 8.09. The van der Waals surface area contributed by atoms with Crippen molar-refractivity contribution in [3.05, 3.63) is 89.5 Å². The van der Waals surface area contributed by atoms with E-state index in [-0.39, 0.29) is 29.9 Å². The number of hydrogen-bond donors (Lipinski definition) is 1. The number of piperidine rings is 1. The smallest absolute Gasteiger partial charge is 0.274 e. The largest absolute Gasteiger partial charge is 0.365 e. The number of carbonyl (C=O) groups excluding carboxylic acids is 2. The van der Waals surface area contributed by atoms with Crippen molar-refractivity contribution in [3.8, 4) is 0 Å². The Labute approximate surface area is 199 Å². The van der Waals surface area contributed by atoms with Gasteiger partial charge in [0.2, 0.25) is 5.91 Å². The first-order valence-electron chi connectivity index (χ1n) is 12.0. The molecule has 1 fully saturated rings. The Kier molecular flexibility index (Phi) is 6.45. The molecule has 1 saturated heterocycles. The number of fused-ring (bicyclic) bond motifs is 1. The number of nitrogens with one attached hydrogen (secondary N) is 1. The maximum absolute atomic E-state index is 13.2. The lowest BCUT2D eigenvalue weighted by Crippen LogP contribution is -2.43. The summed E-state index contributed by atoms with van der Waals surface area (Å²) in [6, 6.07) is 20.0. The molecule has 0 radical (unpaired) electrons. The molecular weight excluding hydrogens is 428 g/mol. The summed E-state index contributed by atoms with van der Waals surface area (Å²) >= 11 is 0. The standard InChI is InChI=1S/C27H30N4O3/c1-19(20-8-4-2-5-9-20)29-26(32)22-12-14-30(15-13-22)27(33)25-23-17-34-24(16-31(23)18-28-25)21-10-6-3-7-11-21/h2-11,18-19,22,24H,12-17H2,1H3,(H,29,32)/t19-,24+/m0/s1. The molecule has 0 spiro atoms. The van der Waals surface area contributed by atoms with Crippen LogP contribution in [0.25, 0.3) is 0 Å². The fourth-order valence-corrected chi connectivity index (χ4v) is 4.83. The van der Waals surface area contributed by atoms with Gasteiger partial charge in [-0.25, -0.2) is 4.98 Å². The Balaban J connectivity index is 1.17. The second kappa shape index (κ2) is 9.81. The van der Waals surface area contributed by atoms with Crippen molar-refractivity contribution in [1.82, 2.24) is 19.8 Å². The van der Waals surface area contributed by atoms with Gasteiger partial charge in [0.05, 0.1) is 31.2 Å². The molecule has 7 nitrogen and oxygen atoms in total. The minimum absolute atomic E-state index is 0.0369. The van der Waals surface area contributed by atoms with Gasteiger partial charge in [0.1, 0.15) is 6.10 Å². The highest BCUT2D eigenvalue weighted by Gasteiger charge is 2.32. The average Bonchev–Trinajstić information content (AvgIpc) is 3.32. The van der Waals surface area contributed by atoms with Crippen molar-refractivity contribution in [3.63, 3.8) is 0 Å². The lowest BCUT2D eigenvalue weighted by molar-refractivity contribution is -0.127. The summed E-state index contributed by atoms with van der Waals surface area (Å²) in [7, 11) is 0. The minimum Gasteiger partial charge on any atom is -0.365 e. The van der Waals surface area contributed by atoms with Crippen LogP contribution in [0.1, 0.15) is 59.2 Å². The number of imidazole rings is 1. The molecule has 0 saturated carbocycles. The van der Waals surface area contributed by atoms with Crippen LogP contribution < -0.4 is 5.32 Å². The van der Waals surface area contributed by atoms with E-state index >= 15 is 0 Å². The van der Waals surface area contributed by atoms with Crippen molar-refractivity contribution in [1.29, 1.82) is 0 Å². The molecule has 3 aromatic rings. The van der Waals surface area contributed by atoms with Gasteiger partial charge >= 0.3 is 0 Å². The number of hydrogen-bond acceptors (Lipinski definition) is 4. The number of nitrogens with zero attached hydrogens (tertiary/aromatic N) is 3. The zero-order chi connectivity index (χ0) is 23.5. The number of ether oxygens (including phenoxy) is 1. The molecule has 2 aliphatic rings. The molecule has 1 aromatic heterocycles. The molecular formula is C27H30N4O3. The van der Waals surface area contributed by atoms with E-state index in [0.717, 1.165) is 16.8 Å². The molecule has 2 aliphatic heterocycles. The topological polar surface area (TPSA) is 76.5 Å². The molecule has 5 rings (SSSR count). The van der Waals surface area contributed by atoms with Gasteiger partial charge in [-0.3, -0.25) is 9.59 Å². The number of rotatable bonds is 5. The fraction of sp³-hybridized carbons (Fsp3) is 0.370. The molecule has 2 amide bonds. The van der Waals surface area contributed by atoms with Crippen molar-refractivity contribution in [2.75, 3.05) is 13.1 Å². The van der Waals surface area contributed by atoms with Crippen molar-refractivity contribution >= 4 is 11.8 Å². The SMILES string of the molecule is C[C@H](NC(=O)C1CCN(C(=O)c2ncn3c2CO[C@@H](c2ccccc2)C3)CC1)c1ccccc1. The summed E-state index contributed by atoms with van der Waals surface area (Å²) in [5.41, 5.74) is 3.50. The minimum atomic E-state index is -0.0823. The quantitative estimate of drug-likeness (QED) is 0.630. The van der Waals surface area contributed by atoms with Crippen LogP contribution in [0, 0.1) is 5.92 Å². The zero-order valence-electron chi connectivity index (χ0n) is 19.4. The molecule has 0 unspecified atom stereocenters. The number of benzene rings is 2. The summed E-state index contributed by atoms with van der Waals surface area (Å²) in [6.45, 7) is 4.10. The van der Waals surface area contributed by atoms with Gasteiger partial charge in [-0.2, -0.15) is 0 Å². The van der Waals surface area contributed by atoms with E-state index < -0.39 is 0 Å². The van der Waals surface area contributed by atoms with E-state index in [2.05, 4.69) is 22.4 Å². The van der Waals surface area contributed by atoms with Gasteiger partial charge in [-0.1, -0.05) is 60.7 Å². The van der Waals surface area contributed by atoms with Crippen LogP contribution in [-0.2, 0) is 22.7 Å². The fourth-order valence-electron chi connectivity index (χ4n) is 4.83.